The van der Waals surface area contributed by atoms with Crippen molar-refractivity contribution in [1.29, 1.82) is 0 Å². The van der Waals surface area contributed by atoms with Crippen LogP contribution in [0.2, 0.25) is 0 Å². The van der Waals surface area contributed by atoms with Gasteiger partial charge in [0.15, 0.2) is 5.96 Å². The van der Waals surface area contributed by atoms with Crippen LogP contribution in [0.4, 0.5) is 0 Å². The van der Waals surface area contributed by atoms with E-state index in [4.69, 9.17) is 14.2 Å². The van der Waals surface area contributed by atoms with Gasteiger partial charge in [-0.3, -0.25) is 0 Å². The molecule has 1 heterocycles. The highest BCUT2D eigenvalue weighted by Crippen LogP contribution is 2.14. The molecule has 0 radical (unpaired) electrons. The Labute approximate surface area is 157 Å². The third-order valence-corrected chi connectivity index (χ3v) is 4.15. The average Bonchev–Trinajstić information content (AvgIpc) is 2.69. The SMILES string of the molecule is CCNC(=NCc1cccc(COC2CCOCC2)c1)NCCOCC. The van der Waals surface area contributed by atoms with Gasteiger partial charge in [-0.25, -0.2) is 4.99 Å². The minimum Gasteiger partial charge on any atom is -0.381 e. The summed E-state index contributed by atoms with van der Waals surface area (Å²) >= 11 is 0. The highest BCUT2D eigenvalue weighted by Gasteiger charge is 2.13. The average molecular weight is 364 g/mol. The van der Waals surface area contributed by atoms with E-state index >= 15 is 0 Å². The molecule has 0 bridgehead atoms. The number of nitrogens with zero attached hydrogens (tertiary/aromatic N) is 1. The normalized spacial score (nSPS) is 15.8. The van der Waals surface area contributed by atoms with Gasteiger partial charge in [-0.15, -0.1) is 0 Å². The molecule has 0 amide bonds. The minimum absolute atomic E-state index is 0.320. The number of guanidine groups is 1. The highest BCUT2D eigenvalue weighted by atomic mass is 16.5. The zero-order chi connectivity index (χ0) is 18.5. The molecule has 1 saturated heterocycles. The lowest BCUT2D eigenvalue weighted by Crippen LogP contribution is -2.39. The number of hydrogen-bond donors (Lipinski definition) is 2. The molecule has 1 aromatic rings. The van der Waals surface area contributed by atoms with Gasteiger partial charge in [-0.2, -0.15) is 0 Å². The molecule has 26 heavy (non-hydrogen) atoms. The summed E-state index contributed by atoms with van der Waals surface area (Å²) in [6, 6.07) is 8.46. The fourth-order valence-corrected chi connectivity index (χ4v) is 2.77. The fourth-order valence-electron chi connectivity index (χ4n) is 2.77. The number of nitrogens with one attached hydrogen (secondary N) is 2. The molecule has 0 unspecified atom stereocenters. The quantitative estimate of drug-likeness (QED) is 0.380. The van der Waals surface area contributed by atoms with Crippen LogP contribution in [-0.4, -0.2) is 51.6 Å². The van der Waals surface area contributed by atoms with Gasteiger partial charge in [0.1, 0.15) is 0 Å². The van der Waals surface area contributed by atoms with Crippen LogP contribution in [0.15, 0.2) is 29.3 Å². The molecule has 1 fully saturated rings. The molecule has 0 aromatic heterocycles. The second-order valence-electron chi connectivity index (χ2n) is 6.26. The summed E-state index contributed by atoms with van der Waals surface area (Å²) in [5, 5.41) is 6.55. The Balaban J connectivity index is 1.82. The molecule has 0 atom stereocenters. The Morgan fingerprint density at radius 1 is 1.19 bits per heavy atom. The molecule has 1 aliphatic heterocycles. The molecule has 146 valence electrons. The van der Waals surface area contributed by atoms with Crippen LogP contribution < -0.4 is 10.6 Å². The summed E-state index contributed by atoms with van der Waals surface area (Å²) in [5.74, 6) is 0.816. The maximum absolute atomic E-state index is 6.01. The molecular formula is C20H33N3O3. The summed E-state index contributed by atoms with van der Waals surface area (Å²) in [7, 11) is 0. The number of ether oxygens (including phenoxy) is 3. The van der Waals surface area contributed by atoms with Gasteiger partial charge >= 0.3 is 0 Å². The Bertz CT molecular complexity index is 531. The zero-order valence-corrected chi connectivity index (χ0v) is 16.1. The van der Waals surface area contributed by atoms with Crippen LogP contribution in [0.25, 0.3) is 0 Å². The Morgan fingerprint density at radius 2 is 2.00 bits per heavy atom. The van der Waals surface area contributed by atoms with Crippen LogP contribution in [-0.2, 0) is 27.4 Å². The molecule has 1 aliphatic rings. The molecule has 0 aliphatic carbocycles. The second kappa shape index (κ2) is 12.7. The van der Waals surface area contributed by atoms with Crippen molar-refractivity contribution in [2.24, 2.45) is 4.99 Å². The number of benzene rings is 1. The molecule has 1 aromatic carbocycles. The van der Waals surface area contributed by atoms with E-state index in [2.05, 4.69) is 46.8 Å². The third kappa shape index (κ3) is 8.17. The topological polar surface area (TPSA) is 64.1 Å². The van der Waals surface area contributed by atoms with E-state index in [0.717, 1.165) is 51.7 Å². The van der Waals surface area contributed by atoms with Crippen LogP contribution in [0.1, 0.15) is 37.8 Å². The van der Waals surface area contributed by atoms with Gasteiger partial charge in [0.2, 0.25) is 0 Å². The molecule has 0 spiro atoms. The van der Waals surface area contributed by atoms with E-state index in [9.17, 15) is 0 Å². The number of aliphatic imine (C=N–C) groups is 1. The predicted octanol–water partition coefficient (Wildman–Crippen LogP) is 2.47. The lowest BCUT2D eigenvalue weighted by Gasteiger charge is -2.22. The van der Waals surface area contributed by atoms with Gasteiger partial charge in [-0.1, -0.05) is 24.3 Å². The van der Waals surface area contributed by atoms with E-state index in [1.807, 2.05) is 6.92 Å². The molecule has 0 saturated carbocycles. The third-order valence-electron chi connectivity index (χ3n) is 4.15. The van der Waals surface area contributed by atoms with Crippen molar-refractivity contribution in [1.82, 2.24) is 10.6 Å². The van der Waals surface area contributed by atoms with Crippen LogP contribution in [0.5, 0.6) is 0 Å². The predicted molar refractivity (Wildman–Crippen MR) is 104 cm³/mol. The van der Waals surface area contributed by atoms with Crippen LogP contribution in [0, 0.1) is 0 Å². The maximum Gasteiger partial charge on any atom is 0.191 e. The summed E-state index contributed by atoms with van der Waals surface area (Å²) in [4.78, 5) is 4.65. The van der Waals surface area contributed by atoms with Crippen molar-refractivity contribution < 1.29 is 14.2 Å². The summed E-state index contributed by atoms with van der Waals surface area (Å²) in [6.07, 6.45) is 2.30. The van der Waals surface area contributed by atoms with Crippen molar-refractivity contribution in [3.8, 4) is 0 Å². The molecular weight excluding hydrogens is 330 g/mol. The highest BCUT2D eigenvalue weighted by molar-refractivity contribution is 5.79. The number of rotatable bonds is 10. The first-order valence-corrected chi connectivity index (χ1v) is 9.69. The smallest absolute Gasteiger partial charge is 0.191 e. The zero-order valence-electron chi connectivity index (χ0n) is 16.1. The molecule has 6 nitrogen and oxygen atoms in total. The lowest BCUT2D eigenvalue weighted by molar-refractivity contribution is -0.0390. The van der Waals surface area contributed by atoms with Gasteiger partial charge in [0.05, 0.1) is 25.9 Å². The van der Waals surface area contributed by atoms with Crippen molar-refractivity contribution in [2.45, 2.75) is 45.9 Å². The van der Waals surface area contributed by atoms with E-state index in [1.165, 1.54) is 11.1 Å². The van der Waals surface area contributed by atoms with Gasteiger partial charge in [0.25, 0.3) is 0 Å². The lowest BCUT2D eigenvalue weighted by atomic mass is 10.1. The standard InChI is InChI=1S/C20H33N3O3/c1-3-21-20(22-10-13-24-4-2)23-15-17-6-5-7-18(14-17)16-26-19-8-11-25-12-9-19/h5-7,14,19H,3-4,8-13,15-16H2,1-2H3,(H2,21,22,23). The van der Waals surface area contributed by atoms with E-state index in [0.29, 0.717) is 25.9 Å². The van der Waals surface area contributed by atoms with E-state index in [1.54, 1.807) is 0 Å². The van der Waals surface area contributed by atoms with Crippen LogP contribution in [0.3, 0.4) is 0 Å². The van der Waals surface area contributed by atoms with Crippen molar-refractivity contribution >= 4 is 5.96 Å². The first kappa shape index (κ1) is 20.7. The molecule has 6 heteroatoms. The number of hydrogen-bond acceptors (Lipinski definition) is 4. The summed E-state index contributed by atoms with van der Waals surface area (Å²) in [6.45, 7) is 9.96. The Morgan fingerprint density at radius 3 is 2.77 bits per heavy atom. The van der Waals surface area contributed by atoms with Gasteiger partial charge in [0, 0.05) is 32.9 Å². The van der Waals surface area contributed by atoms with Crippen molar-refractivity contribution in [2.75, 3.05) is 39.5 Å². The van der Waals surface area contributed by atoms with E-state index < -0.39 is 0 Å². The monoisotopic (exact) mass is 363 g/mol. The van der Waals surface area contributed by atoms with E-state index in [-0.39, 0.29) is 0 Å². The summed E-state index contributed by atoms with van der Waals surface area (Å²) in [5.41, 5.74) is 2.37. The minimum atomic E-state index is 0.320. The van der Waals surface area contributed by atoms with Crippen molar-refractivity contribution in [3.05, 3.63) is 35.4 Å². The van der Waals surface area contributed by atoms with Crippen LogP contribution >= 0.6 is 0 Å². The largest absolute Gasteiger partial charge is 0.381 e. The van der Waals surface area contributed by atoms with Gasteiger partial charge in [-0.05, 0) is 37.8 Å². The van der Waals surface area contributed by atoms with Crippen molar-refractivity contribution in [3.63, 3.8) is 0 Å². The Hall–Kier alpha value is -1.63. The maximum atomic E-state index is 6.01. The Kier molecular flexibility index (Phi) is 10.1. The first-order chi connectivity index (χ1) is 12.8. The van der Waals surface area contributed by atoms with Gasteiger partial charge < -0.3 is 24.8 Å². The second-order valence-corrected chi connectivity index (χ2v) is 6.26. The summed E-state index contributed by atoms with van der Waals surface area (Å²) < 4.78 is 16.7. The molecule has 2 N–H and O–H groups in total. The fraction of sp³-hybridized carbons (Fsp3) is 0.650. The first-order valence-electron chi connectivity index (χ1n) is 9.69. The molecule has 2 rings (SSSR count).